The minimum absolute atomic E-state index is 0.139. The molecule has 0 bridgehead atoms. The van der Waals surface area contributed by atoms with E-state index in [2.05, 4.69) is 13.8 Å². The largest absolute Gasteiger partial charge is 0.493 e. The monoisotopic (exact) mass is 419 g/mol. The van der Waals surface area contributed by atoms with Crippen molar-refractivity contribution < 1.29 is 23.8 Å². The van der Waals surface area contributed by atoms with Gasteiger partial charge in [0.15, 0.2) is 11.5 Å². The number of nitrogens with zero attached hydrogens (tertiary/aromatic N) is 1. The average molecular weight is 419 g/mol. The molecule has 0 heterocycles. The Hall–Kier alpha value is -3.85. The van der Waals surface area contributed by atoms with Gasteiger partial charge in [0.05, 0.1) is 13.7 Å². The Balaban J connectivity index is 2.13. The molecule has 2 aromatic rings. The van der Waals surface area contributed by atoms with Gasteiger partial charge in [0.2, 0.25) is 0 Å². The lowest BCUT2D eigenvalue weighted by atomic mass is 10.0. The SMILES string of the molecule is CCOC(=O)/C(C#N)=C/c1ccc(OC(=O)/C=C/c2ccc(C(C)C)cc2)c(OC)c1. The molecule has 0 aliphatic rings. The van der Waals surface area contributed by atoms with Crippen molar-refractivity contribution in [1.82, 2.24) is 0 Å². The van der Waals surface area contributed by atoms with E-state index < -0.39 is 11.9 Å². The van der Waals surface area contributed by atoms with E-state index in [1.807, 2.05) is 30.3 Å². The van der Waals surface area contributed by atoms with Crippen LogP contribution in [0.3, 0.4) is 0 Å². The van der Waals surface area contributed by atoms with Crippen LogP contribution in [0.25, 0.3) is 12.2 Å². The van der Waals surface area contributed by atoms with Crippen LogP contribution in [0.2, 0.25) is 0 Å². The standard InChI is InChI=1S/C25H25NO5/c1-5-30-25(28)21(16-26)14-19-8-12-22(23(15-19)29-4)31-24(27)13-9-18-6-10-20(11-7-18)17(2)3/h6-15,17H,5H2,1-4H3/b13-9+,21-14+. The van der Waals surface area contributed by atoms with Gasteiger partial charge in [0.1, 0.15) is 11.6 Å². The Bertz CT molecular complexity index is 1030. The van der Waals surface area contributed by atoms with Crippen LogP contribution in [0.5, 0.6) is 11.5 Å². The van der Waals surface area contributed by atoms with Crippen molar-refractivity contribution in [2.75, 3.05) is 13.7 Å². The highest BCUT2D eigenvalue weighted by atomic mass is 16.6. The minimum Gasteiger partial charge on any atom is -0.493 e. The van der Waals surface area contributed by atoms with Crippen molar-refractivity contribution in [3.05, 3.63) is 70.8 Å². The van der Waals surface area contributed by atoms with Gasteiger partial charge in [-0.2, -0.15) is 5.26 Å². The van der Waals surface area contributed by atoms with E-state index in [9.17, 15) is 9.59 Å². The molecule has 0 atom stereocenters. The molecule has 2 aromatic carbocycles. The Labute approximate surface area is 182 Å². The molecule has 0 saturated carbocycles. The van der Waals surface area contributed by atoms with Crippen LogP contribution < -0.4 is 9.47 Å². The van der Waals surface area contributed by atoms with E-state index in [0.29, 0.717) is 11.5 Å². The highest BCUT2D eigenvalue weighted by Gasteiger charge is 2.12. The second kappa shape index (κ2) is 11.4. The quantitative estimate of drug-likeness (QED) is 0.262. The number of ether oxygens (including phenoxy) is 3. The highest BCUT2D eigenvalue weighted by Crippen LogP contribution is 2.29. The number of methoxy groups -OCH3 is 1. The number of hydrogen-bond acceptors (Lipinski definition) is 6. The van der Waals surface area contributed by atoms with Gasteiger partial charge in [-0.15, -0.1) is 0 Å². The molecule has 160 valence electrons. The van der Waals surface area contributed by atoms with Crippen molar-refractivity contribution >= 4 is 24.1 Å². The summed E-state index contributed by atoms with van der Waals surface area (Å²) in [4.78, 5) is 24.0. The summed E-state index contributed by atoms with van der Waals surface area (Å²) in [6.07, 6.45) is 4.40. The third kappa shape index (κ3) is 6.86. The second-order valence-electron chi connectivity index (χ2n) is 6.88. The molecule has 0 aliphatic heterocycles. The number of hydrogen-bond donors (Lipinski definition) is 0. The lowest BCUT2D eigenvalue weighted by molar-refractivity contribution is -0.138. The minimum atomic E-state index is -0.703. The first-order valence-electron chi connectivity index (χ1n) is 9.84. The van der Waals surface area contributed by atoms with Gasteiger partial charge in [-0.3, -0.25) is 0 Å². The third-order valence-electron chi connectivity index (χ3n) is 4.34. The van der Waals surface area contributed by atoms with Crippen molar-refractivity contribution in [2.24, 2.45) is 0 Å². The summed E-state index contributed by atoms with van der Waals surface area (Å²) >= 11 is 0. The van der Waals surface area contributed by atoms with Crippen molar-refractivity contribution in [2.45, 2.75) is 26.7 Å². The highest BCUT2D eigenvalue weighted by molar-refractivity contribution is 5.98. The summed E-state index contributed by atoms with van der Waals surface area (Å²) in [5, 5.41) is 9.15. The molecular formula is C25H25NO5. The van der Waals surface area contributed by atoms with E-state index in [-0.39, 0.29) is 23.7 Å². The maximum Gasteiger partial charge on any atom is 0.348 e. The van der Waals surface area contributed by atoms with Gasteiger partial charge in [-0.05, 0) is 53.8 Å². The molecular weight excluding hydrogens is 394 g/mol. The molecule has 0 N–H and O–H groups in total. The molecule has 0 aliphatic carbocycles. The topological polar surface area (TPSA) is 85.6 Å². The van der Waals surface area contributed by atoms with E-state index >= 15 is 0 Å². The molecule has 0 amide bonds. The van der Waals surface area contributed by atoms with Crippen LogP contribution in [0.4, 0.5) is 0 Å². The van der Waals surface area contributed by atoms with Crippen molar-refractivity contribution in [3.63, 3.8) is 0 Å². The molecule has 0 spiro atoms. The third-order valence-corrected chi connectivity index (χ3v) is 4.34. The number of esters is 2. The predicted octanol–water partition coefficient (Wildman–Crippen LogP) is 4.91. The van der Waals surface area contributed by atoms with Crippen LogP contribution in [0.15, 0.2) is 54.1 Å². The Kier molecular flexibility index (Phi) is 8.59. The Morgan fingerprint density at radius 1 is 1.06 bits per heavy atom. The molecule has 2 rings (SSSR count). The number of rotatable bonds is 8. The second-order valence-corrected chi connectivity index (χ2v) is 6.88. The van der Waals surface area contributed by atoms with E-state index in [4.69, 9.17) is 19.5 Å². The van der Waals surface area contributed by atoms with Crippen LogP contribution in [0, 0.1) is 11.3 Å². The summed E-state index contributed by atoms with van der Waals surface area (Å²) < 4.78 is 15.5. The predicted molar refractivity (Wildman–Crippen MR) is 118 cm³/mol. The fourth-order valence-corrected chi connectivity index (χ4v) is 2.67. The average Bonchev–Trinajstić information content (AvgIpc) is 2.77. The summed E-state index contributed by atoms with van der Waals surface area (Å²) in [5.74, 6) is -0.309. The Morgan fingerprint density at radius 2 is 1.74 bits per heavy atom. The van der Waals surface area contributed by atoms with Gasteiger partial charge >= 0.3 is 11.9 Å². The van der Waals surface area contributed by atoms with E-state index in [1.54, 1.807) is 25.1 Å². The zero-order chi connectivity index (χ0) is 22.8. The van der Waals surface area contributed by atoms with E-state index in [0.717, 1.165) is 5.56 Å². The van der Waals surface area contributed by atoms with Crippen LogP contribution in [0.1, 0.15) is 43.4 Å². The van der Waals surface area contributed by atoms with E-state index in [1.165, 1.54) is 30.9 Å². The zero-order valence-electron chi connectivity index (χ0n) is 18.0. The summed E-state index contributed by atoms with van der Waals surface area (Å²) in [5.41, 5.74) is 2.50. The van der Waals surface area contributed by atoms with Crippen molar-refractivity contribution in [3.8, 4) is 17.6 Å². The number of nitriles is 1. The number of benzene rings is 2. The van der Waals surface area contributed by atoms with Gasteiger partial charge in [-0.25, -0.2) is 9.59 Å². The lowest BCUT2D eigenvalue weighted by Crippen LogP contribution is -2.06. The van der Waals surface area contributed by atoms with Gasteiger partial charge < -0.3 is 14.2 Å². The lowest BCUT2D eigenvalue weighted by Gasteiger charge is -2.09. The zero-order valence-corrected chi connectivity index (χ0v) is 18.0. The molecule has 0 aromatic heterocycles. The maximum absolute atomic E-state index is 12.2. The number of carbonyl (C=O) groups excluding carboxylic acids is 2. The number of carbonyl (C=O) groups is 2. The van der Waals surface area contributed by atoms with Crippen LogP contribution in [-0.2, 0) is 14.3 Å². The van der Waals surface area contributed by atoms with Crippen LogP contribution >= 0.6 is 0 Å². The molecule has 6 nitrogen and oxygen atoms in total. The fraction of sp³-hybridized carbons (Fsp3) is 0.240. The first kappa shape index (κ1) is 23.4. The summed E-state index contributed by atoms with van der Waals surface area (Å²) in [7, 11) is 1.43. The smallest absolute Gasteiger partial charge is 0.348 e. The fourth-order valence-electron chi connectivity index (χ4n) is 2.67. The first-order chi connectivity index (χ1) is 14.9. The molecule has 31 heavy (non-hydrogen) atoms. The summed E-state index contributed by atoms with van der Waals surface area (Å²) in [6.45, 7) is 6.07. The van der Waals surface area contributed by atoms with Gasteiger partial charge in [-0.1, -0.05) is 44.2 Å². The maximum atomic E-state index is 12.2. The van der Waals surface area contributed by atoms with Crippen molar-refractivity contribution in [1.29, 1.82) is 5.26 Å². The molecule has 0 saturated heterocycles. The summed E-state index contributed by atoms with van der Waals surface area (Å²) in [6, 6.07) is 14.5. The van der Waals surface area contributed by atoms with Gasteiger partial charge in [0.25, 0.3) is 0 Å². The first-order valence-corrected chi connectivity index (χ1v) is 9.84. The molecule has 6 heteroatoms. The molecule has 0 fully saturated rings. The normalized spacial score (nSPS) is 11.3. The Morgan fingerprint density at radius 3 is 2.32 bits per heavy atom. The molecule has 0 unspecified atom stereocenters. The van der Waals surface area contributed by atoms with Gasteiger partial charge in [0, 0.05) is 6.08 Å². The van der Waals surface area contributed by atoms with Crippen LogP contribution in [-0.4, -0.2) is 25.7 Å². The molecule has 0 radical (unpaired) electrons.